The van der Waals surface area contributed by atoms with Crippen molar-refractivity contribution in [3.63, 3.8) is 0 Å². The molecule has 182 valence electrons. The van der Waals surface area contributed by atoms with Crippen LogP contribution < -0.4 is 10.7 Å². The number of hydrogen-bond donors (Lipinski definition) is 2. The summed E-state index contributed by atoms with van der Waals surface area (Å²) >= 11 is 0. The summed E-state index contributed by atoms with van der Waals surface area (Å²) in [7, 11) is 0. The number of pyridine rings is 1. The van der Waals surface area contributed by atoms with Gasteiger partial charge in [0.1, 0.15) is 23.4 Å². The fraction of sp³-hybridized carbons (Fsp3) is 0.458. The van der Waals surface area contributed by atoms with Crippen LogP contribution in [0.5, 0.6) is 5.75 Å². The molecule has 1 saturated heterocycles. The highest BCUT2D eigenvalue weighted by molar-refractivity contribution is 5.99. The number of nitrogens with one attached hydrogen (secondary N) is 1. The molecule has 8 nitrogen and oxygen atoms in total. The number of nitrogens with zero attached hydrogens (tertiary/aromatic N) is 3. The minimum absolute atomic E-state index is 0.0448. The molecule has 1 aromatic heterocycles. The zero-order chi connectivity index (χ0) is 24.7. The second-order valence-corrected chi connectivity index (χ2v) is 9.36. The van der Waals surface area contributed by atoms with Crippen LogP contribution in [-0.2, 0) is 13.1 Å². The number of hydrogen-bond acceptors (Lipinski definition) is 5. The molecule has 10 heteroatoms. The average molecular weight is 475 g/mol. The van der Waals surface area contributed by atoms with Gasteiger partial charge in [0.25, 0.3) is 11.8 Å². The SMILES string of the molecule is CC(C)CN1CC[C@@H](C)N2C(=O)c3c(O)c(=O)c(C(=O)NCc4ccc(F)cc4F)cn3C[C@H]12. The third-order valence-electron chi connectivity index (χ3n) is 6.40. The van der Waals surface area contributed by atoms with E-state index in [1.165, 1.54) is 16.8 Å². The van der Waals surface area contributed by atoms with Gasteiger partial charge >= 0.3 is 0 Å². The molecule has 0 spiro atoms. The lowest BCUT2D eigenvalue weighted by molar-refractivity contribution is -0.0366. The van der Waals surface area contributed by atoms with Crippen molar-refractivity contribution in [3.05, 3.63) is 63.1 Å². The van der Waals surface area contributed by atoms with Gasteiger partial charge in [0.15, 0.2) is 11.4 Å². The molecule has 2 amide bonds. The van der Waals surface area contributed by atoms with E-state index >= 15 is 0 Å². The first-order chi connectivity index (χ1) is 16.1. The molecule has 0 radical (unpaired) electrons. The molecule has 0 saturated carbocycles. The second kappa shape index (κ2) is 9.17. The summed E-state index contributed by atoms with van der Waals surface area (Å²) in [5.41, 5.74) is -1.42. The van der Waals surface area contributed by atoms with Crippen molar-refractivity contribution in [3.8, 4) is 5.75 Å². The Kier molecular flexibility index (Phi) is 6.44. The van der Waals surface area contributed by atoms with Gasteiger partial charge in [-0.1, -0.05) is 19.9 Å². The maximum atomic E-state index is 13.9. The van der Waals surface area contributed by atoms with Crippen molar-refractivity contribution in [2.24, 2.45) is 5.92 Å². The van der Waals surface area contributed by atoms with Gasteiger partial charge in [-0.25, -0.2) is 8.78 Å². The van der Waals surface area contributed by atoms with Crippen LogP contribution in [0.2, 0.25) is 0 Å². The lowest BCUT2D eigenvalue weighted by Crippen LogP contribution is -2.64. The maximum Gasteiger partial charge on any atom is 0.276 e. The first-order valence-electron chi connectivity index (χ1n) is 11.3. The van der Waals surface area contributed by atoms with E-state index in [1.807, 2.05) is 6.92 Å². The van der Waals surface area contributed by atoms with E-state index in [0.717, 1.165) is 25.6 Å². The minimum Gasteiger partial charge on any atom is -0.503 e. The molecule has 34 heavy (non-hydrogen) atoms. The number of amides is 2. The third kappa shape index (κ3) is 4.29. The number of aromatic nitrogens is 1. The van der Waals surface area contributed by atoms with Crippen LogP contribution in [0.15, 0.2) is 29.2 Å². The summed E-state index contributed by atoms with van der Waals surface area (Å²) in [4.78, 5) is 42.8. The zero-order valence-electron chi connectivity index (χ0n) is 19.3. The number of halogens is 2. The molecule has 4 rings (SSSR count). The minimum atomic E-state index is -0.973. The molecule has 0 aliphatic carbocycles. The van der Waals surface area contributed by atoms with Gasteiger partial charge in [-0.15, -0.1) is 0 Å². The molecule has 3 heterocycles. The van der Waals surface area contributed by atoms with E-state index in [2.05, 4.69) is 24.1 Å². The molecular formula is C24H28F2N4O4. The van der Waals surface area contributed by atoms with E-state index < -0.39 is 34.6 Å². The predicted octanol–water partition coefficient (Wildman–Crippen LogP) is 2.29. The average Bonchev–Trinajstić information content (AvgIpc) is 2.76. The van der Waals surface area contributed by atoms with Gasteiger partial charge in [0.05, 0.1) is 6.54 Å². The van der Waals surface area contributed by atoms with E-state index in [1.54, 1.807) is 4.90 Å². The van der Waals surface area contributed by atoms with Gasteiger partial charge in [0, 0.05) is 43.5 Å². The van der Waals surface area contributed by atoms with Crippen LogP contribution in [0.1, 0.15) is 53.6 Å². The summed E-state index contributed by atoms with van der Waals surface area (Å²) in [6, 6.07) is 2.91. The summed E-state index contributed by atoms with van der Waals surface area (Å²) < 4.78 is 28.5. The zero-order valence-corrected chi connectivity index (χ0v) is 19.3. The summed E-state index contributed by atoms with van der Waals surface area (Å²) in [5.74, 6) is -3.25. The number of benzene rings is 1. The monoisotopic (exact) mass is 474 g/mol. The summed E-state index contributed by atoms with van der Waals surface area (Å²) in [5, 5.41) is 13.0. The second-order valence-electron chi connectivity index (χ2n) is 9.36. The Morgan fingerprint density at radius 1 is 1.26 bits per heavy atom. The highest BCUT2D eigenvalue weighted by atomic mass is 19.1. The van der Waals surface area contributed by atoms with Gasteiger partial charge in [0.2, 0.25) is 5.43 Å². The molecule has 2 atom stereocenters. The molecule has 0 bridgehead atoms. The number of aromatic hydroxyl groups is 1. The third-order valence-corrected chi connectivity index (χ3v) is 6.40. The number of rotatable bonds is 5. The van der Waals surface area contributed by atoms with Crippen molar-refractivity contribution in [1.82, 2.24) is 19.7 Å². The van der Waals surface area contributed by atoms with E-state index in [-0.39, 0.29) is 35.6 Å². The quantitative estimate of drug-likeness (QED) is 0.694. The molecule has 2 aromatic rings. The molecular weight excluding hydrogens is 446 g/mol. The maximum absolute atomic E-state index is 13.9. The fourth-order valence-electron chi connectivity index (χ4n) is 4.75. The molecule has 2 aliphatic rings. The Balaban J connectivity index is 1.65. The highest BCUT2D eigenvalue weighted by Gasteiger charge is 2.43. The molecule has 2 N–H and O–H groups in total. The normalized spacial score (nSPS) is 20.3. The van der Waals surface area contributed by atoms with Crippen LogP contribution in [0.25, 0.3) is 0 Å². The Hall–Kier alpha value is -3.27. The largest absolute Gasteiger partial charge is 0.503 e. The molecule has 1 aromatic carbocycles. The Labute approximate surface area is 195 Å². The van der Waals surface area contributed by atoms with Gasteiger partial charge in [-0.05, 0) is 25.3 Å². The lowest BCUT2D eigenvalue weighted by atomic mass is 10.0. The smallest absolute Gasteiger partial charge is 0.276 e. The summed E-state index contributed by atoms with van der Waals surface area (Å²) in [6.07, 6.45) is 1.79. The van der Waals surface area contributed by atoms with Crippen molar-refractivity contribution in [2.45, 2.75) is 52.5 Å². The topological polar surface area (TPSA) is 94.9 Å². The summed E-state index contributed by atoms with van der Waals surface area (Å²) in [6.45, 7) is 7.73. The van der Waals surface area contributed by atoms with Gasteiger partial charge in [-0.3, -0.25) is 19.3 Å². The number of carbonyl (C=O) groups excluding carboxylic acids is 2. The number of fused-ring (bicyclic) bond motifs is 2. The molecule has 0 unspecified atom stereocenters. The van der Waals surface area contributed by atoms with Crippen LogP contribution in [0.4, 0.5) is 8.78 Å². The van der Waals surface area contributed by atoms with E-state index in [9.17, 15) is 28.3 Å². The van der Waals surface area contributed by atoms with Crippen molar-refractivity contribution >= 4 is 11.8 Å². The van der Waals surface area contributed by atoms with Crippen LogP contribution in [0, 0.1) is 17.6 Å². The lowest BCUT2D eigenvalue weighted by Gasteiger charge is -2.50. The number of carbonyl (C=O) groups is 2. The van der Waals surface area contributed by atoms with Crippen LogP contribution in [-0.4, -0.2) is 56.6 Å². The Morgan fingerprint density at radius 2 is 2.00 bits per heavy atom. The van der Waals surface area contributed by atoms with E-state index in [0.29, 0.717) is 18.5 Å². The predicted molar refractivity (Wildman–Crippen MR) is 120 cm³/mol. The first kappa shape index (κ1) is 23.9. The molecule has 1 fully saturated rings. The van der Waals surface area contributed by atoms with Gasteiger partial charge in [-0.2, -0.15) is 0 Å². The van der Waals surface area contributed by atoms with Crippen molar-refractivity contribution in [2.75, 3.05) is 13.1 Å². The van der Waals surface area contributed by atoms with Crippen LogP contribution >= 0.6 is 0 Å². The van der Waals surface area contributed by atoms with Crippen LogP contribution in [0.3, 0.4) is 0 Å². The Morgan fingerprint density at radius 3 is 2.68 bits per heavy atom. The molecule has 2 aliphatic heterocycles. The standard InChI is InChI=1S/C24H28F2N4O4/c1-13(2)10-28-7-6-14(3)30-19(28)12-29-11-17(21(31)22(32)20(29)24(30)34)23(33)27-9-15-4-5-16(25)8-18(15)26/h4-5,8,11,13-14,19,32H,6-7,9-10,12H2,1-3H3,(H,27,33)/t14-,19-/m1/s1. The van der Waals surface area contributed by atoms with Crippen molar-refractivity contribution in [1.29, 1.82) is 0 Å². The first-order valence-corrected chi connectivity index (χ1v) is 11.3. The fourth-order valence-corrected chi connectivity index (χ4v) is 4.75. The van der Waals surface area contributed by atoms with Crippen molar-refractivity contribution < 1.29 is 23.5 Å². The highest BCUT2D eigenvalue weighted by Crippen LogP contribution is 2.31. The Bertz CT molecular complexity index is 1200. The van der Waals surface area contributed by atoms with E-state index in [4.69, 9.17) is 0 Å². The van der Waals surface area contributed by atoms with Gasteiger partial charge < -0.3 is 19.9 Å².